The van der Waals surface area contributed by atoms with Gasteiger partial charge in [0.15, 0.2) is 0 Å². The van der Waals surface area contributed by atoms with Gasteiger partial charge >= 0.3 is 6.09 Å². The molecule has 0 saturated carbocycles. The van der Waals surface area contributed by atoms with Crippen molar-refractivity contribution >= 4 is 16.1 Å². The molecule has 0 aliphatic carbocycles. The number of ether oxygens (including phenoxy) is 1. The second-order valence-corrected chi connectivity index (χ2v) is 7.75. The quantitative estimate of drug-likeness (QED) is 0.780. The number of aryl methyl sites for hydroxylation is 1. The van der Waals surface area contributed by atoms with Crippen LogP contribution in [-0.4, -0.2) is 24.9 Å². The Morgan fingerprint density at radius 2 is 1.76 bits per heavy atom. The highest BCUT2D eigenvalue weighted by Crippen LogP contribution is 2.34. The lowest BCUT2D eigenvalue weighted by molar-refractivity contribution is 0.0354. The fourth-order valence-electron chi connectivity index (χ4n) is 2.84. The van der Waals surface area contributed by atoms with Gasteiger partial charge in [-0.15, -0.1) is 6.58 Å². The highest BCUT2D eigenvalue weighted by molar-refractivity contribution is 7.89. The van der Waals surface area contributed by atoms with E-state index in [1.807, 2.05) is 37.3 Å². The molecule has 1 fully saturated rings. The lowest BCUT2D eigenvalue weighted by Gasteiger charge is -2.36. The Bertz CT molecular complexity index is 875. The molecule has 1 heterocycles. The predicted molar refractivity (Wildman–Crippen MR) is 94.5 cm³/mol. The van der Waals surface area contributed by atoms with E-state index < -0.39 is 28.3 Å². The molecule has 0 spiro atoms. The van der Waals surface area contributed by atoms with Crippen molar-refractivity contribution in [2.24, 2.45) is 0 Å². The zero-order valence-corrected chi connectivity index (χ0v) is 14.6. The first-order chi connectivity index (χ1) is 11.9. The highest BCUT2D eigenvalue weighted by Gasteiger charge is 2.42. The molecule has 0 radical (unpaired) electrons. The van der Waals surface area contributed by atoms with Gasteiger partial charge in [0, 0.05) is 6.42 Å². The number of cyclic esters (lactones) is 1. The number of benzene rings is 2. The number of hydrogen-bond donors (Lipinski definition) is 0. The van der Waals surface area contributed by atoms with Gasteiger partial charge < -0.3 is 4.74 Å². The third-order valence-corrected chi connectivity index (χ3v) is 6.01. The molecule has 130 valence electrons. The topological polar surface area (TPSA) is 63.7 Å². The Morgan fingerprint density at radius 1 is 1.12 bits per heavy atom. The minimum atomic E-state index is -4.01. The van der Waals surface area contributed by atoms with Crippen LogP contribution in [0.2, 0.25) is 0 Å². The molecule has 1 amide bonds. The van der Waals surface area contributed by atoms with Crippen LogP contribution in [0, 0.1) is 6.92 Å². The van der Waals surface area contributed by atoms with Gasteiger partial charge in [-0.05, 0) is 24.6 Å². The molecule has 25 heavy (non-hydrogen) atoms. The molecule has 1 aliphatic rings. The molecule has 6 heteroatoms. The molecule has 0 aromatic heterocycles. The van der Waals surface area contributed by atoms with Crippen LogP contribution in [0.4, 0.5) is 4.79 Å². The average molecular weight is 357 g/mol. The summed E-state index contributed by atoms with van der Waals surface area (Å²) in [6.07, 6.45) is 0.415. The number of nitrogens with zero attached hydrogens (tertiary/aromatic N) is 1. The van der Waals surface area contributed by atoms with E-state index >= 15 is 0 Å². The molecular formula is C19H19NO4S. The van der Waals surface area contributed by atoms with Gasteiger partial charge in [-0.3, -0.25) is 0 Å². The van der Waals surface area contributed by atoms with Crippen LogP contribution in [0.5, 0.6) is 0 Å². The summed E-state index contributed by atoms with van der Waals surface area (Å²) in [6.45, 7) is 5.57. The monoisotopic (exact) mass is 357 g/mol. The molecule has 2 atom stereocenters. The summed E-state index contributed by atoms with van der Waals surface area (Å²) >= 11 is 0. The molecule has 3 rings (SSSR count). The van der Waals surface area contributed by atoms with Gasteiger partial charge in [-0.1, -0.05) is 54.1 Å². The van der Waals surface area contributed by atoms with Crippen molar-refractivity contribution in [2.45, 2.75) is 30.4 Å². The minimum absolute atomic E-state index is 0.0556. The van der Waals surface area contributed by atoms with Crippen molar-refractivity contribution in [3.05, 3.63) is 78.4 Å². The number of carbonyl (C=O) groups excluding carboxylic acids is 1. The van der Waals surface area contributed by atoms with Crippen LogP contribution in [-0.2, 0) is 14.8 Å². The fraction of sp³-hybridized carbons (Fsp3) is 0.211. The van der Waals surface area contributed by atoms with Crippen molar-refractivity contribution in [2.75, 3.05) is 0 Å². The lowest BCUT2D eigenvalue weighted by Crippen LogP contribution is -2.48. The van der Waals surface area contributed by atoms with Crippen LogP contribution >= 0.6 is 0 Å². The Balaban J connectivity index is 1.93. The van der Waals surface area contributed by atoms with Crippen LogP contribution in [0.25, 0.3) is 0 Å². The summed E-state index contributed by atoms with van der Waals surface area (Å²) in [5.41, 5.74) is 1.76. The lowest BCUT2D eigenvalue weighted by atomic mass is 10.0. The number of sulfonamides is 1. The molecular weight excluding hydrogens is 338 g/mol. The molecule has 2 aromatic rings. The number of hydrogen-bond acceptors (Lipinski definition) is 4. The first kappa shape index (κ1) is 17.2. The standard InChI is InChI=1S/C19H19NO4S/c1-3-16-13-18(15-7-5-4-6-8-15)24-19(21)20(16)25(22,23)17-11-9-14(2)10-12-17/h3-12,16,18H,1,13H2,2H3/t16-,18-/m0/s1. The largest absolute Gasteiger partial charge is 0.440 e. The van der Waals surface area contributed by atoms with Crippen molar-refractivity contribution in [3.63, 3.8) is 0 Å². The van der Waals surface area contributed by atoms with Gasteiger partial charge in [-0.25, -0.2) is 13.2 Å². The van der Waals surface area contributed by atoms with Crippen molar-refractivity contribution in [1.29, 1.82) is 0 Å². The van der Waals surface area contributed by atoms with Gasteiger partial charge in [0.1, 0.15) is 6.10 Å². The minimum Gasteiger partial charge on any atom is -0.440 e. The first-order valence-electron chi connectivity index (χ1n) is 7.92. The van der Waals surface area contributed by atoms with Crippen molar-refractivity contribution in [1.82, 2.24) is 4.31 Å². The van der Waals surface area contributed by atoms with E-state index in [2.05, 4.69) is 6.58 Å². The highest BCUT2D eigenvalue weighted by atomic mass is 32.2. The second kappa shape index (κ2) is 6.72. The fourth-order valence-corrected chi connectivity index (χ4v) is 4.31. The zero-order valence-electron chi connectivity index (χ0n) is 13.8. The average Bonchev–Trinajstić information content (AvgIpc) is 2.61. The Morgan fingerprint density at radius 3 is 2.36 bits per heavy atom. The van der Waals surface area contributed by atoms with E-state index in [0.29, 0.717) is 6.42 Å². The van der Waals surface area contributed by atoms with Crippen LogP contribution < -0.4 is 0 Å². The van der Waals surface area contributed by atoms with Crippen LogP contribution in [0.3, 0.4) is 0 Å². The Hall–Kier alpha value is -2.60. The SMILES string of the molecule is C=C[C@H]1C[C@@H](c2ccccc2)OC(=O)N1S(=O)(=O)c1ccc(C)cc1. The second-order valence-electron chi connectivity index (χ2n) is 5.94. The molecule has 1 aliphatic heterocycles. The normalized spacial score (nSPS) is 20.8. The summed E-state index contributed by atoms with van der Waals surface area (Å²) < 4.78 is 32.0. The third-order valence-electron chi connectivity index (χ3n) is 4.20. The van der Waals surface area contributed by atoms with Gasteiger partial charge in [0.25, 0.3) is 10.0 Å². The number of rotatable bonds is 4. The Kier molecular flexibility index (Phi) is 4.63. The Labute approximate surface area is 147 Å². The summed E-state index contributed by atoms with van der Waals surface area (Å²) in [6, 6.07) is 15.0. The van der Waals surface area contributed by atoms with Crippen LogP contribution in [0.15, 0.2) is 72.1 Å². The maximum Gasteiger partial charge on any atom is 0.425 e. The molecule has 5 nitrogen and oxygen atoms in total. The van der Waals surface area contributed by atoms with E-state index in [-0.39, 0.29) is 4.90 Å². The molecule has 2 aromatic carbocycles. The van der Waals surface area contributed by atoms with E-state index in [1.54, 1.807) is 12.1 Å². The molecule has 0 unspecified atom stereocenters. The van der Waals surface area contributed by atoms with Crippen LogP contribution in [0.1, 0.15) is 23.7 Å². The molecule has 0 bridgehead atoms. The van der Waals surface area contributed by atoms with E-state index in [1.165, 1.54) is 18.2 Å². The summed E-state index contributed by atoms with van der Waals surface area (Å²) in [5, 5.41) is 0. The first-order valence-corrected chi connectivity index (χ1v) is 9.36. The van der Waals surface area contributed by atoms with Gasteiger partial charge in [0.2, 0.25) is 0 Å². The number of amides is 1. The van der Waals surface area contributed by atoms with Gasteiger partial charge in [-0.2, -0.15) is 4.31 Å². The van der Waals surface area contributed by atoms with Crippen molar-refractivity contribution in [3.8, 4) is 0 Å². The van der Waals surface area contributed by atoms with E-state index in [0.717, 1.165) is 15.4 Å². The van der Waals surface area contributed by atoms with E-state index in [4.69, 9.17) is 4.74 Å². The maximum atomic E-state index is 12.9. The predicted octanol–water partition coefficient (Wildman–Crippen LogP) is 3.82. The van der Waals surface area contributed by atoms with Crippen molar-refractivity contribution < 1.29 is 17.9 Å². The smallest absolute Gasteiger partial charge is 0.425 e. The van der Waals surface area contributed by atoms with Gasteiger partial charge in [0.05, 0.1) is 10.9 Å². The zero-order chi connectivity index (χ0) is 18.0. The molecule has 0 N–H and O–H groups in total. The molecule has 1 saturated heterocycles. The summed E-state index contributed by atoms with van der Waals surface area (Å²) in [5.74, 6) is 0. The summed E-state index contributed by atoms with van der Waals surface area (Å²) in [7, 11) is -4.01. The number of carbonyl (C=O) groups is 1. The van der Waals surface area contributed by atoms with E-state index in [9.17, 15) is 13.2 Å². The summed E-state index contributed by atoms with van der Waals surface area (Å²) in [4.78, 5) is 12.6. The third kappa shape index (κ3) is 3.30. The maximum absolute atomic E-state index is 12.9.